The second kappa shape index (κ2) is 7.81. The molecule has 2 aromatic rings. The van der Waals surface area contributed by atoms with Crippen LogP contribution in [0.2, 0.25) is 10.0 Å². The molecule has 108 valence electrons. The molecule has 0 bridgehead atoms. The summed E-state index contributed by atoms with van der Waals surface area (Å²) in [4.78, 5) is 1.32. The molecule has 1 unspecified atom stereocenters. The largest absolute Gasteiger partial charge is 0.309 e. The Hall–Kier alpha value is -0.0600. The molecule has 0 saturated heterocycles. The maximum absolute atomic E-state index is 6.10. The first kappa shape index (κ1) is 16.3. The Morgan fingerprint density at radius 2 is 2.05 bits per heavy atom. The van der Waals surface area contributed by atoms with E-state index in [9.17, 15) is 0 Å². The van der Waals surface area contributed by atoms with E-state index < -0.39 is 0 Å². The van der Waals surface area contributed by atoms with Crippen molar-refractivity contribution in [3.8, 4) is 0 Å². The van der Waals surface area contributed by atoms with Crippen molar-refractivity contribution in [2.45, 2.75) is 25.8 Å². The number of thiophene rings is 1. The van der Waals surface area contributed by atoms with Gasteiger partial charge in [-0.3, -0.25) is 0 Å². The third kappa shape index (κ3) is 4.22. The normalized spacial score (nSPS) is 12.6. The molecule has 0 spiro atoms. The number of rotatable bonds is 6. The molecule has 0 saturated carbocycles. The van der Waals surface area contributed by atoms with Gasteiger partial charge in [0.05, 0.1) is 10.0 Å². The number of hydrogen-bond acceptors (Lipinski definition) is 2. The lowest BCUT2D eigenvalue weighted by molar-refractivity contribution is 0.535. The van der Waals surface area contributed by atoms with E-state index in [1.807, 2.05) is 18.2 Å². The highest BCUT2D eigenvalue weighted by molar-refractivity contribution is 9.10. The van der Waals surface area contributed by atoms with Crippen LogP contribution in [-0.4, -0.2) is 6.54 Å². The second-order valence-electron chi connectivity index (χ2n) is 4.59. The fraction of sp³-hybridized carbons (Fsp3) is 0.333. The lowest BCUT2D eigenvalue weighted by atomic mass is 10.0. The lowest BCUT2D eigenvalue weighted by Crippen LogP contribution is -2.23. The summed E-state index contributed by atoms with van der Waals surface area (Å²) in [6.45, 7) is 3.17. The van der Waals surface area contributed by atoms with E-state index in [1.54, 1.807) is 11.3 Å². The van der Waals surface area contributed by atoms with E-state index in [2.05, 4.69) is 39.6 Å². The van der Waals surface area contributed by atoms with Crippen LogP contribution in [0.4, 0.5) is 0 Å². The number of benzene rings is 1. The summed E-state index contributed by atoms with van der Waals surface area (Å²) in [5.74, 6) is 0. The highest BCUT2D eigenvalue weighted by atomic mass is 79.9. The first-order chi connectivity index (χ1) is 9.61. The molecule has 1 atom stereocenters. The van der Waals surface area contributed by atoms with Gasteiger partial charge in [0.15, 0.2) is 0 Å². The number of hydrogen-bond donors (Lipinski definition) is 1. The average Bonchev–Trinajstić information content (AvgIpc) is 2.85. The number of halogens is 3. The lowest BCUT2D eigenvalue weighted by Gasteiger charge is -2.18. The molecule has 0 fully saturated rings. The average molecular weight is 393 g/mol. The summed E-state index contributed by atoms with van der Waals surface area (Å²) < 4.78 is 1.16. The molecule has 20 heavy (non-hydrogen) atoms. The van der Waals surface area contributed by atoms with Gasteiger partial charge in [0.1, 0.15) is 0 Å². The summed E-state index contributed by atoms with van der Waals surface area (Å²) in [6, 6.07) is 8.23. The zero-order valence-corrected chi connectivity index (χ0v) is 15.0. The third-order valence-electron chi connectivity index (χ3n) is 3.03. The van der Waals surface area contributed by atoms with Crippen molar-refractivity contribution in [1.29, 1.82) is 0 Å². The molecule has 1 aromatic heterocycles. The van der Waals surface area contributed by atoms with Crippen LogP contribution in [-0.2, 0) is 6.42 Å². The summed E-state index contributed by atoms with van der Waals surface area (Å²) in [6.07, 6.45) is 2.01. The van der Waals surface area contributed by atoms with Gasteiger partial charge in [0, 0.05) is 15.4 Å². The van der Waals surface area contributed by atoms with Crippen molar-refractivity contribution in [2.75, 3.05) is 6.54 Å². The van der Waals surface area contributed by atoms with E-state index >= 15 is 0 Å². The maximum atomic E-state index is 6.10. The fourth-order valence-electron chi connectivity index (χ4n) is 2.03. The highest BCUT2D eigenvalue weighted by Crippen LogP contribution is 2.32. The van der Waals surface area contributed by atoms with Crippen molar-refractivity contribution < 1.29 is 0 Å². The molecule has 0 amide bonds. The number of nitrogens with one attached hydrogen (secondary N) is 1. The van der Waals surface area contributed by atoms with Gasteiger partial charge in [-0.15, -0.1) is 11.3 Å². The predicted octanol–water partition coefficient (Wildman–Crippen LogP) is 6.10. The fourth-order valence-corrected chi connectivity index (χ4v) is 4.08. The minimum absolute atomic E-state index is 0.293. The van der Waals surface area contributed by atoms with Gasteiger partial charge >= 0.3 is 0 Å². The van der Waals surface area contributed by atoms with Gasteiger partial charge in [-0.25, -0.2) is 0 Å². The van der Waals surface area contributed by atoms with E-state index in [0.29, 0.717) is 16.1 Å². The van der Waals surface area contributed by atoms with Crippen LogP contribution in [0.5, 0.6) is 0 Å². The van der Waals surface area contributed by atoms with Gasteiger partial charge in [-0.1, -0.05) is 36.2 Å². The molecule has 1 N–H and O–H groups in total. The van der Waals surface area contributed by atoms with E-state index in [0.717, 1.165) is 23.9 Å². The Kier molecular flexibility index (Phi) is 6.37. The Morgan fingerprint density at radius 3 is 2.65 bits per heavy atom. The molecule has 0 aliphatic carbocycles. The topological polar surface area (TPSA) is 12.0 Å². The van der Waals surface area contributed by atoms with Crippen molar-refractivity contribution in [1.82, 2.24) is 5.32 Å². The summed E-state index contributed by atoms with van der Waals surface area (Å²) in [7, 11) is 0. The quantitative estimate of drug-likeness (QED) is 0.625. The van der Waals surface area contributed by atoms with Crippen molar-refractivity contribution in [2.24, 2.45) is 0 Å². The molecule has 5 heteroatoms. The SMILES string of the molecule is CCCNC(Cc1ccc(Cl)c(Cl)c1)c1sccc1Br. The van der Waals surface area contributed by atoms with Gasteiger partial charge in [0.2, 0.25) is 0 Å². The Labute approximate surface area is 142 Å². The maximum Gasteiger partial charge on any atom is 0.0595 e. The van der Waals surface area contributed by atoms with Crippen LogP contribution in [0.15, 0.2) is 34.1 Å². The highest BCUT2D eigenvalue weighted by Gasteiger charge is 2.16. The Bertz CT molecular complexity index is 571. The first-order valence-electron chi connectivity index (χ1n) is 6.52. The molecule has 0 radical (unpaired) electrons. The monoisotopic (exact) mass is 391 g/mol. The molecule has 1 heterocycles. The van der Waals surface area contributed by atoms with Crippen LogP contribution in [0.25, 0.3) is 0 Å². The Morgan fingerprint density at radius 1 is 1.25 bits per heavy atom. The minimum atomic E-state index is 0.293. The first-order valence-corrected chi connectivity index (χ1v) is 8.95. The van der Waals surface area contributed by atoms with Crippen LogP contribution < -0.4 is 5.32 Å². The van der Waals surface area contributed by atoms with Crippen LogP contribution in [0.1, 0.15) is 29.8 Å². The summed E-state index contributed by atoms with van der Waals surface area (Å²) in [5, 5.41) is 6.92. The van der Waals surface area contributed by atoms with E-state index in [4.69, 9.17) is 23.2 Å². The van der Waals surface area contributed by atoms with Gasteiger partial charge in [0.25, 0.3) is 0 Å². The molecule has 1 aromatic carbocycles. The zero-order valence-electron chi connectivity index (χ0n) is 11.1. The van der Waals surface area contributed by atoms with Crippen LogP contribution in [0, 0.1) is 0 Å². The molecular formula is C15H16BrCl2NS. The predicted molar refractivity (Wildman–Crippen MR) is 93.2 cm³/mol. The molecule has 1 nitrogen and oxygen atoms in total. The standard InChI is InChI=1S/C15H16BrCl2NS/c1-2-6-19-14(15-11(16)5-7-20-15)9-10-3-4-12(17)13(18)8-10/h3-5,7-8,14,19H,2,6,9H2,1H3. The third-order valence-corrected chi connectivity index (χ3v) is 5.75. The van der Waals surface area contributed by atoms with Gasteiger partial charge in [-0.2, -0.15) is 0 Å². The van der Waals surface area contributed by atoms with E-state index in [-0.39, 0.29) is 0 Å². The van der Waals surface area contributed by atoms with E-state index in [1.165, 1.54) is 10.4 Å². The second-order valence-corrected chi connectivity index (χ2v) is 7.21. The van der Waals surface area contributed by atoms with Gasteiger partial charge < -0.3 is 5.32 Å². The zero-order chi connectivity index (χ0) is 14.5. The minimum Gasteiger partial charge on any atom is -0.309 e. The molecule has 0 aliphatic rings. The van der Waals surface area contributed by atoms with Crippen molar-refractivity contribution >= 4 is 50.5 Å². The molecular weight excluding hydrogens is 377 g/mol. The van der Waals surface area contributed by atoms with Crippen molar-refractivity contribution in [3.63, 3.8) is 0 Å². The Balaban J connectivity index is 2.19. The van der Waals surface area contributed by atoms with Gasteiger partial charge in [-0.05, 0) is 64.5 Å². The molecule has 0 aliphatic heterocycles. The van der Waals surface area contributed by atoms with Crippen molar-refractivity contribution in [3.05, 3.63) is 54.6 Å². The summed E-state index contributed by atoms with van der Waals surface area (Å²) in [5.41, 5.74) is 1.19. The molecule has 2 rings (SSSR count). The smallest absolute Gasteiger partial charge is 0.0595 e. The van der Waals surface area contributed by atoms with Crippen LogP contribution in [0.3, 0.4) is 0 Å². The van der Waals surface area contributed by atoms with Crippen LogP contribution >= 0.6 is 50.5 Å². The summed E-state index contributed by atoms with van der Waals surface area (Å²) >= 11 is 17.5.